The molecule has 0 bridgehead atoms. The van der Waals surface area contributed by atoms with Gasteiger partial charge in [0.2, 0.25) is 0 Å². The fourth-order valence-electron chi connectivity index (χ4n) is 2.83. The molecule has 0 atom stereocenters. The number of aryl methyl sites for hydroxylation is 2. The third-order valence-electron chi connectivity index (χ3n) is 3.75. The molecular weight excluding hydrogens is 300 g/mol. The number of carbonyl (C=O) groups is 1. The van der Waals surface area contributed by atoms with Crippen LogP contribution in [0.25, 0.3) is 21.9 Å². The van der Waals surface area contributed by atoms with Crippen LogP contribution >= 0.6 is 0 Å². The van der Waals surface area contributed by atoms with Crippen molar-refractivity contribution in [2.24, 2.45) is 16.5 Å². The molecule has 1 aromatic heterocycles. The van der Waals surface area contributed by atoms with Crippen molar-refractivity contribution in [1.29, 1.82) is 0 Å². The SMILES string of the molecule is Cc1cc(-c2cccc3ccc(C(=O)N=C(N)N)cc23)cc(C)n1. The van der Waals surface area contributed by atoms with Crippen molar-refractivity contribution in [2.75, 3.05) is 0 Å². The molecule has 0 spiro atoms. The van der Waals surface area contributed by atoms with Crippen LogP contribution in [0.4, 0.5) is 0 Å². The number of hydrogen-bond acceptors (Lipinski definition) is 2. The minimum Gasteiger partial charge on any atom is -0.370 e. The Morgan fingerprint density at radius 3 is 2.38 bits per heavy atom. The number of nitrogens with zero attached hydrogens (tertiary/aromatic N) is 2. The smallest absolute Gasteiger partial charge is 0.280 e. The Kier molecular flexibility index (Phi) is 4.00. The summed E-state index contributed by atoms with van der Waals surface area (Å²) in [4.78, 5) is 20.1. The zero-order valence-corrected chi connectivity index (χ0v) is 13.6. The molecule has 4 N–H and O–H groups in total. The standard InChI is InChI=1S/C19H18N4O/c1-11-8-15(9-12(2)22-11)16-5-3-4-13-6-7-14(10-17(13)16)18(24)23-19(20)21/h3-10H,1-2H3,(H4,20,21,23,24). The molecule has 5 heteroatoms. The number of nitrogens with two attached hydrogens (primary N) is 2. The number of benzene rings is 2. The van der Waals surface area contributed by atoms with Gasteiger partial charge >= 0.3 is 0 Å². The summed E-state index contributed by atoms with van der Waals surface area (Å²) in [7, 11) is 0. The molecule has 5 nitrogen and oxygen atoms in total. The van der Waals surface area contributed by atoms with E-state index in [0.717, 1.165) is 33.3 Å². The fraction of sp³-hybridized carbons (Fsp3) is 0.105. The Bertz CT molecular complexity index is 952. The second-order valence-corrected chi connectivity index (χ2v) is 5.72. The lowest BCUT2D eigenvalue weighted by atomic mass is 9.96. The van der Waals surface area contributed by atoms with Crippen molar-refractivity contribution >= 4 is 22.6 Å². The summed E-state index contributed by atoms with van der Waals surface area (Å²) in [6.45, 7) is 3.94. The van der Waals surface area contributed by atoms with Gasteiger partial charge in [-0.15, -0.1) is 0 Å². The van der Waals surface area contributed by atoms with E-state index in [4.69, 9.17) is 11.5 Å². The number of amides is 1. The van der Waals surface area contributed by atoms with Gasteiger partial charge in [0, 0.05) is 17.0 Å². The van der Waals surface area contributed by atoms with Crippen LogP contribution in [-0.2, 0) is 0 Å². The third kappa shape index (κ3) is 3.10. The average Bonchev–Trinajstić information content (AvgIpc) is 2.52. The van der Waals surface area contributed by atoms with Crippen LogP contribution in [0.3, 0.4) is 0 Å². The van der Waals surface area contributed by atoms with Gasteiger partial charge in [0.05, 0.1) is 0 Å². The fourth-order valence-corrected chi connectivity index (χ4v) is 2.83. The first-order valence-electron chi connectivity index (χ1n) is 7.56. The highest BCUT2D eigenvalue weighted by Gasteiger charge is 2.10. The van der Waals surface area contributed by atoms with Gasteiger partial charge in [0.1, 0.15) is 0 Å². The normalized spacial score (nSPS) is 10.6. The minimum atomic E-state index is -0.450. The molecule has 0 radical (unpaired) electrons. The molecule has 0 saturated carbocycles. The van der Waals surface area contributed by atoms with Gasteiger partial charge in [0.25, 0.3) is 5.91 Å². The van der Waals surface area contributed by atoms with Crippen molar-refractivity contribution in [3.05, 3.63) is 65.5 Å². The van der Waals surface area contributed by atoms with Crippen molar-refractivity contribution in [1.82, 2.24) is 4.98 Å². The molecule has 0 aliphatic carbocycles. The highest BCUT2D eigenvalue weighted by atomic mass is 16.1. The second kappa shape index (κ2) is 6.12. The summed E-state index contributed by atoms with van der Waals surface area (Å²) in [6.07, 6.45) is 0. The molecule has 3 rings (SSSR count). The molecule has 2 aromatic carbocycles. The maximum absolute atomic E-state index is 12.1. The maximum Gasteiger partial charge on any atom is 0.280 e. The van der Waals surface area contributed by atoms with Crippen molar-refractivity contribution < 1.29 is 4.79 Å². The minimum absolute atomic E-state index is 0.242. The van der Waals surface area contributed by atoms with Gasteiger partial charge in [-0.25, -0.2) is 0 Å². The lowest BCUT2D eigenvalue weighted by molar-refractivity contribution is 0.100. The van der Waals surface area contributed by atoms with Gasteiger partial charge in [-0.2, -0.15) is 4.99 Å². The van der Waals surface area contributed by atoms with Crippen LogP contribution in [0.2, 0.25) is 0 Å². The Morgan fingerprint density at radius 2 is 1.71 bits per heavy atom. The Labute approximate surface area is 140 Å². The molecule has 1 heterocycles. The summed E-state index contributed by atoms with van der Waals surface area (Å²) in [5, 5.41) is 2.01. The molecule has 0 saturated heterocycles. The van der Waals surface area contributed by atoms with Gasteiger partial charge < -0.3 is 11.5 Å². The van der Waals surface area contributed by atoms with Crippen LogP contribution in [0, 0.1) is 13.8 Å². The van der Waals surface area contributed by atoms with E-state index in [1.165, 1.54) is 0 Å². The monoisotopic (exact) mass is 318 g/mol. The molecule has 0 aliphatic heterocycles. The van der Waals surface area contributed by atoms with Crippen LogP contribution in [0.5, 0.6) is 0 Å². The van der Waals surface area contributed by atoms with Crippen LogP contribution in [0.1, 0.15) is 21.7 Å². The highest BCUT2D eigenvalue weighted by Crippen LogP contribution is 2.30. The molecular formula is C19H18N4O. The zero-order valence-electron chi connectivity index (χ0n) is 13.6. The quantitative estimate of drug-likeness (QED) is 0.561. The molecule has 0 fully saturated rings. The predicted octanol–water partition coefficient (Wildman–Crippen LogP) is 2.93. The maximum atomic E-state index is 12.1. The number of aliphatic imine (C=N–C) groups is 1. The van der Waals surface area contributed by atoms with Crippen LogP contribution in [0.15, 0.2) is 53.5 Å². The van der Waals surface area contributed by atoms with Gasteiger partial charge in [-0.05, 0) is 60.0 Å². The summed E-state index contributed by atoms with van der Waals surface area (Å²) < 4.78 is 0. The van der Waals surface area contributed by atoms with E-state index in [0.29, 0.717) is 5.56 Å². The lowest BCUT2D eigenvalue weighted by Crippen LogP contribution is -2.24. The van der Waals surface area contributed by atoms with Crippen molar-refractivity contribution in [2.45, 2.75) is 13.8 Å². The van der Waals surface area contributed by atoms with E-state index in [2.05, 4.69) is 9.98 Å². The first kappa shape index (κ1) is 15.7. The van der Waals surface area contributed by atoms with Gasteiger partial charge in [0.15, 0.2) is 5.96 Å². The van der Waals surface area contributed by atoms with Crippen LogP contribution in [-0.4, -0.2) is 16.9 Å². The number of hydrogen-bond donors (Lipinski definition) is 2. The first-order valence-corrected chi connectivity index (χ1v) is 7.56. The molecule has 1 amide bonds. The summed E-state index contributed by atoms with van der Waals surface area (Å²) in [5.74, 6) is -0.692. The first-order chi connectivity index (χ1) is 11.4. The highest BCUT2D eigenvalue weighted by molar-refractivity contribution is 6.06. The van der Waals surface area contributed by atoms with Gasteiger partial charge in [-0.3, -0.25) is 9.78 Å². The number of aromatic nitrogens is 1. The number of fused-ring (bicyclic) bond motifs is 1. The second-order valence-electron chi connectivity index (χ2n) is 5.72. The lowest BCUT2D eigenvalue weighted by Gasteiger charge is -2.10. The molecule has 24 heavy (non-hydrogen) atoms. The Hall–Kier alpha value is -3.21. The Balaban J connectivity index is 2.21. The topological polar surface area (TPSA) is 94.4 Å². The molecule has 0 unspecified atom stereocenters. The Morgan fingerprint density at radius 1 is 1.00 bits per heavy atom. The van der Waals surface area contributed by atoms with Crippen molar-refractivity contribution in [3.8, 4) is 11.1 Å². The van der Waals surface area contributed by atoms with E-state index in [1.807, 2.05) is 56.3 Å². The largest absolute Gasteiger partial charge is 0.370 e. The number of rotatable bonds is 2. The van der Waals surface area contributed by atoms with E-state index in [1.54, 1.807) is 6.07 Å². The molecule has 0 aliphatic rings. The number of carbonyl (C=O) groups excluding carboxylic acids is 1. The summed E-state index contributed by atoms with van der Waals surface area (Å²) in [6, 6.07) is 15.6. The number of guanidine groups is 1. The van der Waals surface area contributed by atoms with E-state index >= 15 is 0 Å². The van der Waals surface area contributed by atoms with E-state index in [9.17, 15) is 4.79 Å². The predicted molar refractivity (Wildman–Crippen MR) is 96.8 cm³/mol. The average molecular weight is 318 g/mol. The van der Waals surface area contributed by atoms with Crippen LogP contribution < -0.4 is 11.5 Å². The van der Waals surface area contributed by atoms with Gasteiger partial charge in [-0.1, -0.05) is 24.3 Å². The van der Waals surface area contributed by atoms with E-state index in [-0.39, 0.29) is 5.96 Å². The third-order valence-corrected chi connectivity index (χ3v) is 3.75. The van der Waals surface area contributed by atoms with Crippen molar-refractivity contribution in [3.63, 3.8) is 0 Å². The molecule has 120 valence electrons. The molecule has 3 aromatic rings. The summed E-state index contributed by atoms with van der Waals surface area (Å²) in [5.41, 5.74) is 15.1. The van der Waals surface area contributed by atoms with E-state index < -0.39 is 5.91 Å². The summed E-state index contributed by atoms with van der Waals surface area (Å²) >= 11 is 0. The number of pyridine rings is 1. The zero-order chi connectivity index (χ0) is 17.3.